The van der Waals surface area contributed by atoms with Gasteiger partial charge < -0.3 is 14.6 Å². The lowest BCUT2D eigenvalue weighted by molar-refractivity contribution is 0.0956. The van der Waals surface area contributed by atoms with Crippen LogP contribution in [0.4, 0.5) is 5.69 Å². The maximum Gasteiger partial charge on any atom is 0.252 e. The van der Waals surface area contributed by atoms with Crippen molar-refractivity contribution in [1.29, 1.82) is 0 Å². The third-order valence-electron chi connectivity index (χ3n) is 3.46. The highest BCUT2D eigenvalue weighted by Crippen LogP contribution is 2.15. The van der Waals surface area contributed by atoms with Gasteiger partial charge in [0.25, 0.3) is 5.56 Å². The van der Waals surface area contributed by atoms with Gasteiger partial charge in [-0.15, -0.1) is 0 Å². The molecule has 1 N–H and O–H groups in total. The van der Waals surface area contributed by atoms with Crippen LogP contribution < -0.4 is 10.9 Å². The second-order valence-corrected chi connectivity index (χ2v) is 5.74. The van der Waals surface area contributed by atoms with Crippen LogP contribution in [-0.2, 0) is 11.3 Å². The number of nitrogens with one attached hydrogen (secondary N) is 1. The number of ether oxygens (including phenoxy) is 1. The summed E-state index contributed by atoms with van der Waals surface area (Å²) in [5.41, 5.74) is 1.97. The number of nitrogens with zero attached hydrogens (tertiary/aromatic N) is 1. The van der Waals surface area contributed by atoms with Gasteiger partial charge in [0.15, 0.2) is 0 Å². The average molecular weight is 264 g/mol. The molecular formula is C15H24N2O2. The van der Waals surface area contributed by atoms with E-state index in [0.29, 0.717) is 12.5 Å². The Labute approximate surface area is 114 Å². The molecule has 0 aliphatic carbocycles. The predicted molar refractivity (Wildman–Crippen MR) is 77.7 cm³/mol. The minimum atomic E-state index is 0.0572. The quantitative estimate of drug-likeness (QED) is 0.888. The average Bonchev–Trinajstić information content (AvgIpc) is 2.84. The molecule has 1 aromatic rings. The van der Waals surface area contributed by atoms with Crippen molar-refractivity contribution in [2.75, 3.05) is 18.5 Å². The normalized spacial score (nSPS) is 19.1. The molecule has 1 aromatic heterocycles. The fourth-order valence-corrected chi connectivity index (χ4v) is 2.38. The summed E-state index contributed by atoms with van der Waals surface area (Å²) in [5.74, 6) is 0.564. The molecule has 2 rings (SSSR count). The predicted octanol–water partition coefficient (Wildman–Crippen LogP) is 2.40. The molecule has 1 fully saturated rings. The largest absolute Gasteiger partial charge is 0.385 e. The van der Waals surface area contributed by atoms with Crippen LogP contribution in [0, 0.1) is 12.8 Å². The summed E-state index contributed by atoms with van der Waals surface area (Å²) in [4.78, 5) is 12.2. The van der Waals surface area contributed by atoms with Crippen LogP contribution in [0.5, 0.6) is 0 Å². The number of hydrogen-bond donors (Lipinski definition) is 1. The highest BCUT2D eigenvalue weighted by atomic mass is 16.5. The fourth-order valence-electron chi connectivity index (χ4n) is 2.38. The Morgan fingerprint density at radius 1 is 1.47 bits per heavy atom. The van der Waals surface area contributed by atoms with Gasteiger partial charge >= 0.3 is 0 Å². The zero-order chi connectivity index (χ0) is 13.8. The zero-order valence-corrected chi connectivity index (χ0v) is 12.1. The molecule has 1 atom stereocenters. The number of hydrogen-bond acceptors (Lipinski definition) is 3. The van der Waals surface area contributed by atoms with Crippen LogP contribution >= 0.6 is 0 Å². The molecule has 1 unspecified atom stereocenters. The highest BCUT2D eigenvalue weighted by molar-refractivity contribution is 5.43. The van der Waals surface area contributed by atoms with Crippen molar-refractivity contribution in [3.8, 4) is 0 Å². The minimum absolute atomic E-state index is 0.0572. The Bertz CT molecular complexity index is 474. The lowest BCUT2D eigenvalue weighted by Gasteiger charge is -2.16. The third kappa shape index (κ3) is 3.83. The Hall–Kier alpha value is -1.29. The molecular weight excluding hydrogens is 240 g/mol. The number of rotatable bonds is 5. The molecule has 106 valence electrons. The van der Waals surface area contributed by atoms with Crippen molar-refractivity contribution in [3.05, 3.63) is 28.2 Å². The molecule has 1 aliphatic rings. The summed E-state index contributed by atoms with van der Waals surface area (Å²) in [7, 11) is 0. The summed E-state index contributed by atoms with van der Waals surface area (Å²) >= 11 is 0. The van der Waals surface area contributed by atoms with Crippen molar-refractivity contribution in [3.63, 3.8) is 0 Å². The molecule has 2 heterocycles. The smallest absolute Gasteiger partial charge is 0.252 e. The first-order chi connectivity index (χ1) is 9.06. The van der Waals surface area contributed by atoms with Crippen molar-refractivity contribution in [2.45, 2.75) is 46.3 Å². The summed E-state index contributed by atoms with van der Waals surface area (Å²) in [5, 5.41) is 3.30. The van der Waals surface area contributed by atoms with Crippen LogP contribution in [0.15, 0.2) is 16.9 Å². The van der Waals surface area contributed by atoms with E-state index in [0.717, 1.165) is 37.4 Å². The van der Waals surface area contributed by atoms with E-state index < -0.39 is 0 Å². The van der Waals surface area contributed by atoms with Gasteiger partial charge in [0.1, 0.15) is 0 Å². The SMILES string of the molecule is Cc1cc(NCC(C)C)cc(=O)n1CC1CCCO1. The third-order valence-corrected chi connectivity index (χ3v) is 3.46. The van der Waals surface area contributed by atoms with Gasteiger partial charge in [-0.25, -0.2) is 0 Å². The van der Waals surface area contributed by atoms with Gasteiger partial charge in [0.05, 0.1) is 12.6 Å². The first-order valence-corrected chi connectivity index (χ1v) is 7.13. The Morgan fingerprint density at radius 2 is 2.26 bits per heavy atom. The first kappa shape index (κ1) is 14.1. The topological polar surface area (TPSA) is 43.3 Å². The van der Waals surface area contributed by atoms with Crippen LogP contribution in [0.25, 0.3) is 0 Å². The number of aromatic nitrogens is 1. The van der Waals surface area contributed by atoms with Gasteiger partial charge in [0.2, 0.25) is 0 Å². The van der Waals surface area contributed by atoms with Crippen LogP contribution in [0.3, 0.4) is 0 Å². The standard InChI is InChI=1S/C15H24N2O2/c1-11(2)9-16-13-7-12(3)17(15(18)8-13)10-14-5-4-6-19-14/h7-8,11,14,16H,4-6,9-10H2,1-3H3. The van der Waals surface area contributed by atoms with Crippen molar-refractivity contribution >= 4 is 5.69 Å². The molecule has 0 bridgehead atoms. The van der Waals surface area contributed by atoms with Crippen molar-refractivity contribution in [1.82, 2.24) is 4.57 Å². The van der Waals surface area contributed by atoms with Gasteiger partial charge in [-0.1, -0.05) is 13.8 Å². The summed E-state index contributed by atoms with van der Waals surface area (Å²) < 4.78 is 7.42. The summed E-state index contributed by atoms with van der Waals surface area (Å²) in [6, 6.07) is 3.73. The zero-order valence-electron chi connectivity index (χ0n) is 12.1. The van der Waals surface area contributed by atoms with Crippen LogP contribution in [0.1, 0.15) is 32.4 Å². The first-order valence-electron chi connectivity index (χ1n) is 7.13. The lowest BCUT2D eigenvalue weighted by Crippen LogP contribution is -2.28. The van der Waals surface area contributed by atoms with Gasteiger partial charge in [-0.3, -0.25) is 4.79 Å². The number of anilines is 1. The molecule has 19 heavy (non-hydrogen) atoms. The summed E-state index contributed by atoms with van der Waals surface area (Å²) in [6.07, 6.45) is 2.36. The second-order valence-electron chi connectivity index (χ2n) is 5.74. The molecule has 0 saturated carbocycles. The highest BCUT2D eigenvalue weighted by Gasteiger charge is 2.17. The number of pyridine rings is 1. The molecule has 0 spiro atoms. The van der Waals surface area contributed by atoms with E-state index in [9.17, 15) is 4.79 Å². The molecule has 4 heteroatoms. The monoisotopic (exact) mass is 264 g/mol. The molecule has 1 aliphatic heterocycles. The van der Waals surface area contributed by atoms with E-state index >= 15 is 0 Å². The molecule has 4 nitrogen and oxygen atoms in total. The molecule has 0 aromatic carbocycles. The fraction of sp³-hybridized carbons (Fsp3) is 0.667. The second kappa shape index (κ2) is 6.24. The lowest BCUT2D eigenvalue weighted by atomic mass is 10.2. The molecule has 1 saturated heterocycles. The van der Waals surface area contributed by atoms with E-state index in [-0.39, 0.29) is 11.7 Å². The van der Waals surface area contributed by atoms with Crippen molar-refractivity contribution in [2.24, 2.45) is 5.92 Å². The Morgan fingerprint density at radius 3 is 2.84 bits per heavy atom. The van der Waals surface area contributed by atoms with Crippen LogP contribution in [-0.4, -0.2) is 23.8 Å². The Balaban J connectivity index is 2.10. The maximum atomic E-state index is 12.2. The number of aryl methyl sites for hydroxylation is 1. The minimum Gasteiger partial charge on any atom is -0.385 e. The van der Waals surface area contributed by atoms with Crippen molar-refractivity contribution < 1.29 is 4.74 Å². The van der Waals surface area contributed by atoms with Crippen LogP contribution in [0.2, 0.25) is 0 Å². The van der Waals surface area contributed by atoms with E-state index in [4.69, 9.17) is 4.74 Å². The Kier molecular flexibility index (Phi) is 4.64. The molecule has 0 radical (unpaired) electrons. The van der Waals surface area contributed by atoms with Gasteiger partial charge in [-0.05, 0) is 31.7 Å². The van der Waals surface area contributed by atoms with E-state index in [1.165, 1.54) is 0 Å². The maximum absolute atomic E-state index is 12.2. The van der Waals surface area contributed by atoms with E-state index in [1.54, 1.807) is 6.07 Å². The van der Waals surface area contributed by atoms with Gasteiger partial charge in [0, 0.05) is 30.6 Å². The van der Waals surface area contributed by atoms with E-state index in [2.05, 4.69) is 19.2 Å². The molecule has 0 amide bonds. The van der Waals surface area contributed by atoms with E-state index in [1.807, 2.05) is 17.6 Å². The van der Waals surface area contributed by atoms with Gasteiger partial charge in [-0.2, -0.15) is 0 Å². The summed E-state index contributed by atoms with van der Waals surface area (Å²) in [6.45, 7) is 8.67.